The first kappa shape index (κ1) is 8.69. The molecule has 14 heavy (non-hydrogen) atoms. The molecule has 1 aromatic heterocycles. The lowest BCUT2D eigenvalue weighted by atomic mass is 10.3. The molecule has 0 radical (unpaired) electrons. The highest BCUT2D eigenvalue weighted by atomic mass is 16.1. The molecule has 0 aliphatic heterocycles. The molecular formula is C11H10N2O. The van der Waals surface area contributed by atoms with Gasteiger partial charge in [0, 0.05) is 0 Å². The van der Waals surface area contributed by atoms with E-state index in [9.17, 15) is 4.79 Å². The van der Waals surface area contributed by atoms with Crippen molar-refractivity contribution < 1.29 is 4.79 Å². The Morgan fingerprint density at radius 1 is 1.43 bits per heavy atom. The van der Waals surface area contributed by atoms with Crippen molar-refractivity contribution in [3.05, 3.63) is 42.7 Å². The number of rotatable bonds is 1. The predicted octanol–water partition coefficient (Wildman–Crippen LogP) is 2.25. The molecule has 0 aliphatic rings. The van der Waals surface area contributed by atoms with Gasteiger partial charge in [-0.15, -0.1) is 0 Å². The van der Waals surface area contributed by atoms with Gasteiger partial charge in [-0.2, -0.15) is 0 Å². The summed E-state index contributed by atoms with van der Waals surface area (Å²) in [5.41, 5.74) is 1.68. The van der Waals surface area contributed by atoms with E-state index in [0.717, 1.165) is 11.0 Å². The summed E-state index contributed by atoms with van der Waals surface area (Å²) in [4.78, 5) is 15.7. The number of carbonyl (C=O) groups is 1. The Morgan fingerprint density at radius 2 is 2.21 bits per heavy atom. The highest BCUT2D eigenvalue weighted by molar-refractivity contribution is 5.96. The number of benzene rings is 1. The Hall–Kier alpha value is -1.90. The van der Waals surface area contributed by atoms with Gasteiger partial charge in [-0.05, 0) is 25.1 Å². The summed E-state index contributed by atoms with van der Waals surface area (Å²) >= 11 is 0. The molecule has 0 atom stereocenters. The zero-order chi connectivity index (χ0) is 9.97. The van der Waals surface area contributed by atoms with Gasteiger partial charge in [0.25, 0.3) is 5.91 Å². The van der Waals surface area contributed by atoms with E-state index in [4.69, 9.17) is 0 Å². The molecule has 0 N–H and O–H groups in total. The quantitative estimate of drug-likeness (QED) is 0.640. The number of carbonyl (C=O) groups excluding carboxylic acids is 1. The van der Waals surface area contributed by atoms with Crippen molar-refractivity contribution in [2.45, 2.75) is 6.92 Å². The summed E-state index contributed by atoms with van der Waals surface area (Å²) in [5, 5.41) is 0. The van der Waals surface area contributed by atoms with Crippen molar-refractivity contribution in [3.8, 4) is 0 Å². The van der Waals surface area contributed by atoms with E-state index in [2.05, 4.69) is 4.98 Å². The van der Waals surface area contributed by atoms with Crippen LogP contribution in [-0.4, -0.2) is 15.5 Å². The number of imidazole rings is 1. The van der Waals surface area contributed by atoms with Gasteiger partial charge in [0.2, 0.25) is 0 Å². The molecule has 0 spiro atoms. The maximum Gasteiger partial charge on any atom is 0.256 e. The highest BCUT2D eigenvalue weighted by Gasteiger charge is 2.05. The third-order valence-corrected chi connectivity index (χ3v) is 2.00. The first-order chi connectivity index (χ1) is 6.83. The Labute approximate surface area is 81.7 Å². The second-order valence-electron chi connectivity index (χ2n) is 2.94. The molecule has 3 heteroatoms. The van der Waals surface area contributed by atoms with Crippen molar-refractivity contribution in [2.24, 2.45) is 0 Å². The van der Waals surface area contributed by atoms with Crippen molar-refractivity contribution >= 4 is 16.9 Å². The van der Waals surface area contributed by atoms with Crippen molar-refractivity contribution in [1.82, 2.24) is 9.55 Å². The Kier molecular flexibility index (Phi) is 2.14. The number of aromatic nitrogens is 2. The maximum atomic E-state index is 11.6. The predicted molar refractivity (Wildman–Crippen MR) is 55.2 cm³/mol. The molecule has 2 aromatic rings. The number of hydrogen-bond acceptors (Lipinski definition) is 2. The molecule has 0 saturated carbocycles. The SMILES string of the molecule is C/C=C/C(=O)n1cnc2ccccc21. The third kappa shape index (κ3) is 1.33. The number of para-hydroxylation sites is 2. The molecule has 0 aliphatic carbocycles. The van der Waals surface area contributed by atoms with Crippen molar-refractivity contribution in [1.29, 1.82) is 0 Å². The van der Waals surface area contributed by atoms with E-state index in [1.807, 2.05) is 31.2 Å². The smallest absolute Gasteiger partial charge is 0.256 e. The zero-order valence-corrected chi connectivity index (χ0v) is 7.84. The van der Waals surface area contributed by atoms with Gasteiger partial charge in [0.15, 0.2) is 0 Å². The molecule has 0 fully saturated rings. The molecule has 1 heterocycles. The van der Waals surface area contributed by atoms with Crippen LogP contribution < -0.4 is 0 Å². The highest BCUT2D eigenvalue weighted by Crippen LogP contribution is 2.11. The van der Waals surface area contributed by atoms with Gasteiger partial charge in [-0.1, -0.05) is 18.2 Å². The monoisotopic (exact) mass is 186 g/mol. The van der Waals surface area contributed by atoms with E-state index in [1.165, 1.54) is 10.6 Å². The van der Waals surface area contributed by atoms with Crippen LogP contribution in [0.5, 0.6) is 0 Å². The zero-order valence-electron chi connectivity index (χ0n) is 7.84. The van der Waals surface area contributed by atoms with Crippen LogP contribution in [-0.2, 0) is 0 Å². The summed E-state index contributed by atoms with van der Waals surface area (Å²) in [6.07, 6.45) is 4.79. The van der Waals surface area contributed by atoms with Gasteiger partial charge in [-0.25, -0.2) is 4.98 Å². The Morgan fingerprint density at radius 3 is 3.00 bits per heavy atom. The molecule has 0 saturated heterocycles. The molecule has 0 unspecified atom stereocenters. The van der Waals surface area contributed by atoms with Crippen LogP contribution in [0.3, 0.4) is 0 Å². The average molecular weight is 186 g/mol. The van der Waals surface area contributed by atoms with Crippen LogP contribution >= 0.6 is 0 Å². The third-order valence-electron chi connectivity index (χ3n) is 2.00. The Bertz CT molecular complexity index is 497. The van der Waals surface area contributed by atoms with Crippen LogP contribution in [0.2, 0.25) is 0 Å². The molecule has 0 amide bonds. The molecule has 3 nitrogen and oxygen atoms in total. The van der Waals surface area contributed by atoms with Crippen molar-refractivity contribution in [3.63, 3.8) is 0 Å². The van der Waals surface area contributed by atoms with Gasteiger partial charge in [0.1, 0.15) is 6.33 Å². The van der Waals surface area contributed by atoms with Crippen LogP contribution in [0.25, 0.3) is 11.0 Å². The summed E-state index contributed by atoms with van der Waals surface area (Å²) in [6, 6.07) is 7.56. The molecule has 0 bridgehead atoms. The minimum absolute atomic E-state index is 0.0683. The lowest BCUT2D eigenvalue weighted by Crippen LogP contribution is -2.04. The topological polar surface area (TPSA) is 34.9 Å². The fraction of sp³-hybridized carbons (Fsp3) is 0.0909. The van der Waals surface area contributed by atoms with E-state index >= 15 is 0 Å². The maximum absolute atomic E-state index is 11.6. The van der Waals surface area contributed by atoms with Crippen LogP contribution in [0, 0.1) is 0 Å². The second-order valence-corrected chi connectivity index (χ2v) is 2.94. The van der Waals surface area contributed by atoms with Crippen molar-refractivity contribution in [2.75, 3.05) is 0 Å². The summed E-state index contributed by atoms with van der Waals surface area (Å²) < 4.78 is 1.54. The van der Waals surface area contributed by atoms with E-state index in [0.29, 0.717) is 0 Å². The van der Waals surface area contributed by atoms with E-state index < -0.39 is 0 Å². The summed E-state index contributed by atoms with van der Waals surface area (Å²) in [5.74, 6) is -0.0683. The lowest BCUT2D eigenvalue weighted by molar-refractivity contribution is 0.0973. The standard InChI is InChI=1S/C11H10N2O/c1-2-5-11(14)13-8-12-9-6-3-4-7-10(9)13/h2-8H,1H3/b5-2+. The van der Waals surface area contributed by atoms with Gasteiger partial charge >= 0.3 is 0 Å². The number of fused-ring (bicyclic) bond motifs is 1. The molecule has 1 aromatic carbocycles. The number of hydrogen-bond donors (Lipinski definition) is 0. The van der Waals surface area contributed by atoms with Gasteiger partial charge in [0.05, 0.1) is 11.0 Å². The fourth-order valence-corrected chi connectivity index (χ4v) is 1.36. The molecule has 2 rings (SSSR count). The van der Waals surface area contributed by atoms with Crippen LogP contribution in [0.15, 0.2) is 42.7 Å². The van der Waals surface area contributed by atoms with Crippen LogP contribution in [0.1, 0.15) is 11.7 Å². The van der Waals surface area contributed by atoms with Gasteiger partial charge in [-0.3, -0.25) is 9.36 Å². The first-order valence-corrected chi connectivity index (χ1v) is 4.42. The van der Waals surface area contributed by atoms with Gasteiger partial charge < -0.3 is 0 Å². The number of nitrogens with zero attached hydrogens (tertiary/aromatic N) is 2. The van der Waals surface area contributed by atoms with Crippen LogP contribution in [0.4, 0.5) is 0 Å². The van der Waals surface area contributed by atoms with E-state index in [-0.39, 0.29) is 5.91 Å². The minimum atomic E-state index is -0.0683. The largest absolute Gasteiger partial charge is 0.269 e. The molecule has 70 valence electrons. The average Bonchev–Trinajstić information content (AvgIpc) is 2.61. The first-order valence-electron chi connectivity index (χ1n) is 4.42. The summed E-state index contributed by atoms with van der Waals surface area (Å²) in [7, 11) is 0. The normalized spacial score (nSPS) is 11.2. The minimum Gasteiger partial charge on any atom is -0.269 e. The summed E-state index contributed by atoms with van der Waals surface area (Å²) in [6.45, 7) is 1.82. The lowest BCUT2D eigenvalue weighted by Gasteiger charge is -1.96. The Balaban J connectivity index is 2.58. The second kappa shape index (κ2) is 3.46. The van der Waals surface area contributed by atoms with E-state index in [1.54, 1.807) is 12.4 Å². The molecular weight excluding hydrogens is 176 g/mol. The fourth-order valence-electron chi connectivity index (χ4n) is 1.36. The number of allylic oxidation sites excluding steroid dienone is 2.